The van der Waals surface area contributed by atoms with E-state index >= 15 is 0 Å². The minimum absolute atomic E-state index is 0.404. The second-order valence-corrected chi connectivity index (χ2v) is 7.39. The molecule has 3 heteroatoms. The normalized spacial score (nSPS) is 25.4. The van der Waals surface area contributed by atoms with Crippen molar-refractivity contribution in [3.05, 3.63) is 23.7 Å². The van der Waals surface area contributed by atoms with Gasteiger partial charge in [-0.3, -0.25) is 4.90 Å². The summed E-state index contributed by atoms with van der Waals surface area (Å²) in [6.07, 6.45) is 4.03. The maximum atomic E-state index is 5.70. The van der Waals surface area contributed by atoms with Crippen LogP contribution in [-0.2, 0) is 6.54 Å². The molecule has 0 spiro atoms. The third-order valence-electron chi connectivity index (χ3n) is 4.90. The highest BCUT2D eigenvalue weighted by molar-refractivity contribution is 5.05. The van der Waals surface area contributed by atoms with Gasteiger partial charge < -0.3 is 9.73 Å². The van der Waals surface area contributed by atoms with Gasteiger partial charge in [0.2, 0.25) is 0 Å². The Kier molecular flexibility index (Phi) is 5.50. The summed E-state index contributed by atoms with van der Waals surface area (Å²) in [4.78, 5) is 2.41. The molecular weight excluding hydrogens is 260 g/mol. The third kappa shape index (κ3) is 4.33. The molecule has 0 amide bonds. The Morgan fingerprint density at radius 1 is 1.38 bits per heavy atom. The summed E-state index contributed by atoms with van der Waals surface area (Å²) in [7, 11) is 2.21. The van der Waals surface area contributed by atoms with Crippen LogP contribution in [0.2, 0.25) is 0 Å². The van der Waals surface area contributed by atoms with E-state index in [9.17, 15) is 0 Å². The predicted octanol–water partition coefficient (Wildman–Crippen LogP) is 3.82. The smallest absolute Gasteiger partial charge is 0.118 e. The number of hydrogen-bond donors (Lipinski definition) is 1. The molecule has 0 bridgehead atoms. The lowest BCUT2D eigenvalue weighted by molar-refractivity contribution is 0.0832. The minimum Gasteiger partial charge on any atom is -0.465 e. The van der Waals surface area contributed by atoms with E-state index in [2.05, 4.69) is 44.1 Å². The van der Waals surface area contributed by atoms with Crippen LogP contribution in [0.3, 0.4) is 0 Å². The van der Waals surface area contributed by atoms with Crippen LogP contribution in [-0.4, -0.2) is 31.1 Å². The number of nitrogens with zero attached hydrogens (tertiary/aromatic N) is 1. The highest BCUT2D eigenvalue weighted by atomic mass is 16.3. The second-order valence-electron chi connectivity index (χ2n) is 7.39. The van der Waals surface area contributed by atoms with E-state index in [1.54, 1.807) is 0 Å². The zero-order valence-electron chi connectivity index (χ0n) is 14.4. The summed E-state index contributed by atoms with van der Waals surface area (Å²) in [5.41, 5.74) is 0.404. The summed E-state index contributed by atoms with van der Waals surface area (Å²) >= 11 is 0. The third-order valence-corrected chi connectivity index (χ3v) is 4.90. The maximum Gasteiger partial charge on any atom is 0.118 e. The van der Waals surface area contributed by atoms with Crippen molar-refractivity contribution < 1.29 is 4.42 Å². The van der Waals surface area contributed by atoms with Gasteiger partial charge in [-0.15, -0.1) is 0 Å². The van der Waals surface area contributed by atoms with Crippen LogP contribution in [0, 0.1) is 18.3 Å². The van der Waals surface area contributed by atoms with Crippen LogP contribution in [0.4, 0.5) is 0 Å². The van der Waals surface area contributed by atoms with Crippen LogP contribution in [0.1, 0.15) is 51.6 Å². The lowest BCUT2D eigenvalue weighted by Gasteiger charge is -2.45. The Hall–Kier alpha value is -0.800. The van der Waals surface area contributed by atoms with Gasteiger partial charge in [0.1, 0.15) is 11.5 Å². The first-order chi connectivity index (χ1) is 9.92. The fraction of sp³-hybridized carbons (Fsp3) is 0.778. The van der Waals surface area contributed by atoms with Crippen LogP contribution < -0.4 is 5.32 Å². The minimum atomic E-state index is 0.404. The van der Waals surface area contributed by atoms with E-state index in [4.69, 9.17) is 4.42 Å². The number of rotatable bonds is 6. The summed E-state index contributed by atoms with van der Waals surface area (Å²) in [5, 5.41) is 3.75. The Balaban J connectivity index is 1.95. The molecule has 1 aliphatic carbocycles. The zero-order valence-corrected chi connectivity index (χ0v) is 14.4. The molecule has 1 fully saturated rings. The number of aryl methyl sites for hydroxylation is 1. The van der Waals surface area contributed by atoms with Gasteiger partial charge in [0.25, 0.3) is 0 Å². The number of nitrogens with one attached hydrogen (secondary N) is 1. The number of hydrogen-bond acceptors (Lipinski definition) is 3. The van der Waals surface area contributed by atoms with E-state index in [1.807, 2.05) is 13.0 Å². The fourth-order valence-corrected chi connectivity index (χ4v) is 3.94. The largest absolute Gasteiger partial charge is 0.465 e. The molecule has 1 aliphatic rings. The van der Waals surface area contributed by atoms with Gasteiger partial charge in [-0.25, -0.2) is 0 Å². The molecule has 1 aromatic rings. The monoisotopic (exact) mass is 292 g/mol. The van der Waals surface area contributed by atoms with Crippen molar-refractivity contribution in [1.82, 2.24) is 10.2 Å². The molecule has 120 valence electrons. The van der Waals surface area contributed by atoms with E-state index in [1.165, 1.54) is 19.3 Å². The highest BCUT2D eigenvalue weighted by Crippen LogP contribution is 2.39. The lowest BCUT2D eigenvalue weighted by atomic mass is 9.67. The summed E-state index contributed by atoms with van der Waals surface area (Å²) in [6.45, 7) is 12.2. The Bertz CT molecular complexity index is 438. The molecule has 3 nitrogen and oxygen atoms in total. The Morgan fingerprint density at radius 2 is 2.14 bits per heavy atom. The average Bonchev–Trinajstić information content (AvgIpc) is 2.78. The Labute approximate surface area is 130 Å². The standard InChI is InChI=1S/C18H32N2O/c1-6-19-17-15(8-7-11-18(17,3)4)12-20(5)13-16-10-9-14(2)21-16/h9-10,15,17,19H,6-8,11-13H2,1-5H3. The molecule has 0 aliphatic heterocycles. The summed E-state index contributed by atoms with van der Waals surface area (Å²) in [6, 6.07) is 4.77. The van der Waals surface area contributed by atoms with E-state index in [0.717, 1.165) is 37.1 Å². The van der Waals surface area contributed by atoms with Gasteiger partial charge in [-0.05, 0) is 56.8 Å². The van der Waals surface area contributed by atoms with Gasteiger partial charge in [0, 0.05) is 12.6 Å². The summed E-state index contributed by atoms with van der Waals surface area (Å²) in [5.74, 6) is 2.81. The molecular formula is C18H32N2O. The second kappa shape index (κ2) is 6.97. The topological polar surface area (TPSA) is 28.4 Å². The van der Waals surface area contributed by atoms with Crippen LogP contribution >= 0.6 is 0 Å². The van der Waals surface area contributed by atoms with Gasteiger partial charge in [-0.2, -0.15) is 0 Å². The van der Waals surface area contributed by atoms with Gasteiger partial charge in [-0.1, -0.05) is 27.2 Å². The molecule has 1 heterocycles. The van der Waals surface area contributed by atoms with Crippen molar-refractivity contribution in [2.45, 2.75) is 59.5 Å². The van der Waals surface area contributed by atoms with Crippen molar-refractivity contribution in [3.63, 3.8) is 0 Å². The first-order valence-corrected chi connectivity index (χ1v) is 8.39. The van der Waals surface area contributed by atoms with Crippen molar-refractivity contribution in [2.75, 3.05) is 20.1 Å². The van der Waals surface area contributed by atoms with Crippen molar-refractivity contribution >= 4 is 0 Å². The molecule has 2 unspecified atom stereocenters. The first-order valence-electron chi connectivity index (χ1n) is 8.39. The molecule has 1 aromatic heterocycles. The van der Waals surface area contributed by atoms with Crippen molar-refractivity contribution in [2.24, 2.45) is 11.3 Å². The SMILES string of the molecule is CCNC1C(CN(C)Cc2ccc(C)o2)CCCC1(C)C. The molecule has 0 aromatic carbocycles. The lowest BCUT2D eigenvalue weighted by Crippen LogP contribution is -2.52. The molecule has 1 N–H and O–H groups in total. The first kappa shape index (κ1) is 16.6. The average molecular weight is 292 g/mol. The van der Waals surface area contributed by atoms with Crippen molar-refractivity contribution in [3.8, 4) is 0 Å². The van der Waals surface area contributed by atoms with Gasteiger partial charge in [0.05, 0.1) is 6.54 Å². The molecule has 1 saturated carbocycles. The van der Waals surface area contributed by atoms with Gasteiger partial charge in [0.15, 0.2) is 0 Å². The van der Waals surface area contributed by atoms with Crippen LogP contribution in [0.25, 0.3) is 0 Å². The molecule has 2 rings (SSSR count). The van der Waals surface area contributed by atoms with E-state index in [0.29, 0.717) is 11.5 Å². The summed E-state index contributed by atoms with van der Waals surface area (Å²) < 4.78 is 5.70. The number of furan rings is 1. The molecule has 2 atom stereocenters. The Morgan fingerprint density at radius 3 is 2.76 bits per heavy atom. The van der Waals surface area contributed by atoms with E-state index in [-0.39, 0.29) is 0 Å². The molecule has 0 saturated heterocycles. The van der Waals surface area contributed by atoms with E-state index < -0.39 is 0 Å². The fourth-order valence-electron chi connectivity index (χ4n) is 3.94. The highest BCUT2D eigenvalue weighted by Gasteiger charge is 2.38. The quantitative estimate of drug-likeness (QED) is 0.864. The van der Waals surface area contributed by atoms with Crippen LogP contribution in [0.5, 0.6) is 0 Å². The van der Waals surface area contributed by atoms with Crippen molar-refractivity contribution in [1.29, 1.82) is 0 Å². The predicted molar refractivity (Wildman–Crippen MR) is 88.4 cm³/mol. The molecule has 21 heavy (non-hydrogen) atoms. The zero-order chi connectivity index (χ0) is 15.5. The van der Waals surface area contributed by atoms with Gasteiger partial charge >= 0.3 is 0 Å². The van der Waals surface area contributed by atoms with Crippen LogP contribution in [0.15, 0.2) is 16.5 Å². The molecule has 0 radical (unpaired) electrons. The maximum absolute atomic E-state index is 5.70.